The minimum absolute atomic E-state index is 0.0628. The Balaban J connectivity index is 0.00000235. The summed E-state index contributed by atoms with van der Waals surface area (Å²) >= 11 is 0. The lowest BCUT2D eigenvalue weighted by Gasteiger charge is -2.16. The van der Waals surface area contributed by atoms with Crippen LogP contribution < -0.4 is 4.74 Å². The standard InChI is InChI=1S/C21H26NO10PS2.C2H6/c1-3-29-33(26)30-14-20(32-33)31-21(23)15(2)16-4-5-18-13-19(7-6-17(18)12-16)27-8-10-34-35-11-9-28-22(24)25;1-2/h4-7,12-13,15,20H,3,8-11,14H2,1-2H3;1-2H3. The second kappa shape index (κ2) is 16.1. The van der Waals surface area contributed by atoms with Gasteiger partial charge >= 0.3 is 13.8 Å². The predicted octanol–water partition coefficient (Wildman–Crippen LogP) is 6.00. The molecule has 3 atom stereocenters. The second-order valence-electron chi connectivity index (χ2n) is 7.17. The zero-order chi connectivity index (χ0) is 27.3. The van der Waals surface area contributed by atoms with Crippen molar-refractivity contribution in [2.75, 3.05) is 37.9 Å². The first-order chi connectivity index (χ1) is 17.8. The Morgan fingerprint density at radius 2 is 1.84 bits per heavy atom. The molecule has 206 valence electrons. The van der Waals surface area contributed by atoms with Crippen LogP contribution in [0.4, 0.5) is 0 Å². The Kier molecular flexibility index (Phi) is 13.5. The molecule has 1 fully saturated rings. The zero-order valence-corrected chi connectivity index (χ0v) is 23.7. The van der Waals surface area contributed by atoms with E-state index in [1.165, 1.54) is 10.8 Å². The molecule has 0 amide bonds. The van der Waals surface area contributed by atoms with Gasteiger partial charge in [-0.1, -0.05) is 59.7 Å². The first-order valence-corrected chi connectivity index (χ1v) is 15.7. The number of fused-ring (bicyclic) bond motifs is 1. The number of benzene rings is 2. The van der Waals surface area contributed by atoms with Gasteiger partial charge in [-0.3, -0.25) is 13.8 Å². The molecular weight excluding hydrogens is 545 g/mol. The summed E-state index contributed by atoms with van der Waals surface area (Å²) in [6.07, 6.45) is -1.08. The molecule has 14 heteroatoms. The molecule has 1 heterocycles. The maximum Gasteiger partial charge on any atom is 0.478 e. The van der Waals surface area contributed by atoms with Gasteiger partial charge in [0, 0.05) is 11.5 Å². The maximum absolute atomic E-state index is 12.6. The second-order valence-corrected chi connectivity index (χ2v) is 11.5. The van der Waals surface area contributed by atoms with E-state index in [0.29, 0.717) is 12.4 Å². The summed E-state index contributed by atoms with van der Waals surface area (Å²) < 4.78 is 38.2. The van der Waals surface area contributed by atoms with Gasteiger partial charge < -0.3 is 14.3 Å². The van der Waals surface area contributed by atoms with E-state index in [2.05, 4.69) is 4.84 Å². The third-order valence-electron chi connectivity index (χ3n) is 4.72. The normalized spacial score (nSPS) is 19.5. The van der Waals surface area contributed by atoms with E-state index in [1.807, 2.05) is 50.2 Å². The molecule has 3 unspecified atom stereocenters. The van der Waals surface area contributed by atoms with E-state index in [-0.39, 0.29) is 19.8 Å². The van der Waals surface area contributed by atoms with Gasteiger partial charge in [0.15, 0.2) is 0 Å². The number of phosphoric acid groups is 1. The molecule has 0 aliphatic carbocycles. The van der Waals surface area contributed by atoms with Crippen LogP contribution >= 0.6 is 29.4 Å². The minimum Gasteiger partial charge on any atom is -0.493 e. The van der Waals surface area contributed by atoms with E-state index in [0.717, 1.165) is 27.8 Å². The maximum atomic E-state index is 12.6. The van der Waals surface area contributed by atoms with Crippen LogP contribution in [0.2, 0.25) is 0 Å². The van der Waals surface area contributed by atoms with Crippen molar-refractivity contribution in [3.63, 3.8) is 0 Å². The number of carbonyl (C=O) groups is 1. The van der Waals surface area contributed by atoms with Gasteiger partial charge in [-0.2, -0.15) is 0 Å². The van der Waals surface area contributed by atoms with Gasteiger partial charge in [-0.25, -0.2) is 9.09 Å². The number of carbonyl (C=O) groups excluding carboxylic acids is 1. The molecule has 2 aromatic carbocycles. The van der Waals surface area contributed by atoms with Gasteiger partial charge in [0.1, 0.15) is 19.0 Å². The van der Waals surface area contributed by atoms with Gasteiger partial charge in [0.2, 0.25) is 6.29 Å². The third kappa shape index (κ3) is 10.3. The summed E-state index contributed by atoms with van der Waals surface area (Å²) in [6.45, 7) is 7.93. The molecule has 0 radical (unpaired) electrons. The number of rotatable bonds is 14. The number of esters is 1. The molecule has 11 nitrogen and oxygen atoms in total. The fraction of sp³-hybridized carbons (Fsp3) is 0.522. The summed E-state index contributed by atoms with van der Waals surface area (Å²) in [5.41, 5.74) is 0.762. The number of phosphoric ester groups is 1. The number of hydrogen-bond donors (Lipinski definition) is 0. The Bertz CT molecular complexity index is 1070. The van der Waals surface area contributed by atoms with Crippen molar-refractivity contribution in [1.82, 2.24) is 0 Å². The van der Waals surface area contributed by atoms with E-state index in [9.17, 15) is 19.5 Å². The van der Waals surface area contributed by atoms with Crippen molar-refractivity contribution in [2.45, 2.75) is 39.9 Å². The molecule has 2 aromatic rings. The summed E-state index contributed by atoms with van der Waals surface area (Å²) in [5.74, 6) is 0.859. The fourth-order valence-corrected chi connectivity index (χ4v) is 5.92. The molecule has 37 heavy (non-hydrogen) atoms. The molecule has 0 N–H and O–H groups in total. The van der Waals surface area contributed by atoms with Gasteiger partial charge in [-0.05, 0) is 42.3 Å². The Labute approximate surface area is 224 Å². The van der Waals surface area contributed by atoms with Crippen LogP contribution in [-0.4, -0.2) is 55.3 Å². The number of nitrogens with zero attached hydrogens (tertiary/aromatic N) is 1. The molecule has 3 rings (SSSR count). The highest BCUT2D eigenvalue weighted by Gasteiger charge is 2.41. The minimum atomic E-state index is -3.66. The SMILES string of the molecule is CC.CCOP1(=O)OCC(OC(=O)C(C)c2ccc3cc(OCCSSCCO[N+](=O)[O-])ccc3c2)O1. The molecular formula is C23H32NO10PS2. The van der Waals surface area contributed by atoms with E-state index in [4.69, 9.17) is 23.0 Å². The average Bonchev–Trinajstić information content (AvgIpc) is 3.25. The van der Waals surface area contributed by atoms with Gasteiger partial charge in [-0.15, -0.1) is 10.1 Å². The molecule has 0 saturated carbocycles. The van der Waals surface area contributed by atoms with Gasteiger partial charge in [0.05, 0.1) is 19.1 Å². The van der Waals surface area contributed by atoms with Crippen molar-refractivity contribution in [2.24, 2.45) is 0 Å². The van der Waals surface area contributed by atoms with Crippen molar-refractivity contribution in [1.29, 1.82) is 0 Å². The fourth-order valence-electron chi connectivity index (χ4n) is 3.06. The highest BCUT2D eigenvalue weighted by Crippen LogP contribution is 2.55. The number of hydrogen-bond acceptors (Lipinski definition) is 12. The van der Waals surface area contributed by atoms with Crippen LogP contribution in [0.3, 0.4) is 0 Å². The summed E-state index contributed by atoms with van der Waals surface area (Å²) in [5, 5.41) is 11.2. The van der Waals surface area contributed by atoms with Crippen molar-refractivity contribution < 1.29 is 42.3 Å². The summed E-state index contributed by atoms with van der Waals surface area (Å²) in [4.78, 5) is 26.9. The monoisotopic (exact) mass is 577 g/mol. The Morgan fingerprint density at radius 1 is 1.16 bits per heavy atom. The van der Waals surface area contributed by atoms with E-state index < -0.39 is 31.1 Å². The topological polar surface area (TPSA) is 133 Å². The highest BCUT2D eigenvalue weighted by molar-refractivity contribution is 8.76. The smallest absolute Gasteiger partial charge is 0.478 e. The van der Waals surface area contributed by atoms with E-state index in [1.54, 1.807) is 24.6 Å². The third-order valence-corrected chi connectivity index (χ3v) is 8.59. The molecule has 1 saturated heterocycles. The Hall–Kier alpha value is -2.02. The van der Waals surface area contributed by atoms with Crippen LogP contribution in [0.25, 0.3) is 10.8 Å². The van der Waals surface area contributed by atoms with Crippen LogP contribution in [0.1, 0.15) is 39.2 Å². The first-order valence-electron chi connectivity index (χ1n) is 11.8. The summed E-state index contributed by atoms with van der Waals surface area (Å²) in [6, 6.07) is 11.3. The lowest BCUT2D eigenvalue weighted by atomic mass is 9.98. The predicted molar refractivity (Wildman–Crippen MR) is 143 cm³/mol. The van der Waals surface area contributed by atoms with E-state index >= 15 is 0 Å². The lowest BCUT2D eigenvalue weighted by molar-refractivity contribution is -0.756. The van der Waals surface area contributed by atoms with Gasteiger partial charge in [0.25, 0.3) is 5.09 Å². The quantitative estimate of drug-likeness (QED) is 0.0651. The summed E-state index contributed by atoms with van der Waals surface area (Å²) in [7, 11) is -0.621. The van der Waals surface area contributed by atoms with Crippen molar-refractivity contribution in [3.05, 3.63) is 52.1 Å². The van der Waals surface area contributed by atoms with Crippen LogP contribution in [-0.2, 0) is 32.5 Å². The molecule has 0 bridgehead atoms. The highest BCUT2D eigenvalue weighted by atomic mass is 33.1. The Morgan fingerprint density at radius 3 is 2.54 bits per heavy atom. The molecule has 0 aromatic heterocycles. The average molecular weight is 578 g/mol. The molecule has 1 aliphatic heterocycles. The largest absolute Gasteiger partial charge is 0.493 e. The molecule has 0 spiro atoms. The molecule has 1 aliphatic rings. The van der Waals surface area contributed by atoms with Crippen molar-refractivity contribution in [3.8, 4) is 5.75 Å². The number of ether oxygens (including phenoxy) is 2. The lowest BCUT2D eigenvalue weighted by Crippen LogP contribution is -2.23. The van der Waals surface area contributed by atoms with Crippen molar-refractivity contribution >= 4 is 46.2 Å². The first kappa shape index (κ1) is 31.2. The van der Waals surface area contributed by atoms with Crippen LogP contribution in [0.5, 0.6) is 5.75 Å². The zero-order valence-electron chi connectivity index (χ0n) is 21.2. The van der Waals surface area contributed by atoms with Crippen LogP contribution in [0.15, 0.2) is 36.4 Å². The van der Waals surface area contributed by atoms with Crippen LogP contribution in [0, 0.1) is 10.1 Å².